The summed E-state index contributed by atoms with van der Waals surface area (Å²) in [4.78, 5) is 0. The van der Waals surface area contributed by atoms with Crippen LogP contribution in [0.4, 0.5) is 0 Å². The molecule has 0 radical (unpaired) electrons. The number of aromatic nitrogens is 2. The van der Waals surface area contributed by atoms with Gasteiger partial charge in [-0.05, 0) is 47.2 Å². The van der Waals surface area contributed by atoms with Crippen LogP contribution in [0.3, 0.4) is 0 Å². The van der Waals surface area contributed by atoms with Gasteiger partial charge in [-0.2, -0.15) is 5.10 Å². The molecule has 0 fully saturated rings. The number of aryl methyl sites for hydroxylation is 2. The van der Waals surface area contributed by atoms with Crippen molar-refractivity contribution >= 4 is 15.9 Å². The molecule has 1 aromatic rings. The summed E-state index contributed by atoms with van der Waals surface area (Å²) in [5.74, 6) is 0.471. The van der Waals surface area contributed by atoms with Crippen LogP contribution in [0.25, 0.3) is 0 Å². The lowest BCUT2D eigenvalue weighted by molar-refractivity contribution is 0.242. The molecule has 1 rings (SSSR count). The third kappa shape index (κ3) is 2.86. The Morgan fingerprint density at radius 3 is 2.31 bits per heavy atom. The normalized spacial score (nSPS) is 14.2. The summed E-state index contributed by atoms with van der Waals surface area (Å²) in [5, 5.41) is 4.41. The van der Waals surface area contributed by atoms with Crippen molar-refractivity contribution in [1.82, 2.24) is 9.78 Å². The highest BCUT2D eigenvalue weighted by atomic mass is 79.9. The molecule has 1 atom stereocenters. The Morgan fingerprint density at radius 2 is 2.00 bits per heavy atom. The van der Waals surface area contributed by atoms with Crippen molar-refractivity contribution in [2.45, 2.75) is 34.1 Å². The highest BCUT2D eigenvalue weighted by molar-refractivity contribution is 9.10. The van der Waals surface area contributed by atoms with Crippen LogP contribution in [0.5, 0.6) is 0 Å². The van der Waals surface area contributed by atoms with E-state index in [2.05, 4.69) is 41.8 Å². The molecule has 0 aliphatic carbocycles. The van der Waals surface area contributed by atoms with E-state index in [0.717, 1.165) is 16.6 Å². The van der Waals surface area contributed by atoms with E-state index >= 15 is 0 Å². The van der Waals surface area contributed by atoms with Crippen LogP contribution in [0.2, 0.25) is 0 Å². The summed E-state index contributed by atoms with van der Waals surface area (Å²) < 4.78 is 3.08. The van der Waals surface area contributed by atoms with Gasteiger partial charge in [0.05, 0.1) is 15.9 Å². The Kier molecular flexibility index (Phi) is 4.18. The third-order valence-electron chi connectivity index (χ3n) is 3.21. The molecular formula is C12H22BrN3. The minimum Gasteiger partial charge on any atom is -0.330 e. The number of hydrogen-bond donors (Lipinski definition) is 1. The maximum Gasteiger partial charge on any atom is 0.0738 e. The number of halogens is 1. The average molecular weight is 288 g/mol. The molecule has 2 N–H and O–H groups in total. The molecule has 0 saturated carbocycles. The van der Waals surface area contributed by atoms with Gasteiger partial charge < -0.3 is 5.73 Å². The molecule has 16 heavy (non-hydrogen) atoms. The molecule has 3 nitrogen and oxygen atoms in total. The average Bonchev–Trinajstić information content (AvgIpc) is 2.37. The first-order chi connectivity index (χ1) is 7.27. The van der Waals surface area contributed by atoms with Gasteiger partial charge >= 0.3 is 0 Å². The number of rotatable bonds is 3. The van der Waals surface area contributed by atoms with Gasteiger partial charge in [-0.3, -0.25) is 4.68 Å². The summed E-state index contributed by atoms with van der Waals surface area (Å²) in [6, 6.07) is 0. The molecule has 92 valence electrons. The lowest BCUT2D eigenvalue weighted by atomic mass is 9.78. The molecule has 0 aliphatic rings. The van der Waals surface area contributed by atoms with Gasteiger partial charge in [0.2, 0.25) is 0 Å². The zero-order valence-corrected chi connectivity index (χ0v) is 12.4. The van der Waals surface area contributed by atoms with Crippen LogP contribution in [0, 0.1) is 18.3 Å². The fourth-order valence-electron chi connectivity index (χ4n) is 1.88. The van der Waals surface area contributed by atoms with E-state index in [1.165, 1.54) is 5.69 Å². The van der Waals surface area contributed by atoms with E-state index in [-0.39, 0.29) is 5.41 Å². The van der Waals surface area contributed by atoms with Crippen molar-refractivity contribution in [1.29, 1.82) is 0 Å². The van der Waals surface area contributed by atoms with Crippen LogP contribution < -0.4 is 5.73 Å². The van der Waals surface area contributed by atoms with Crippen molar-refractivity contribution in [3.05, 3.63) is 15.9 Å². The van der Waals surface area contributed by atoms with Gasteiger partial charge in [0.25, 0.3) is 0 Å². The molecule has 0 bridgehead atoms. The standard InChI is InChI=1S/C12H22BrN3/c1-8-11(13)10(16(5)15-8)6-9(7-14)12(2,3)4/h9H,6-7,14H2,1-5H3. The predicted octanol–water partition coefficient (Wildman–Crippen LogP) is 2.65. The van der Waals surface area contributed by atoms with Crippen LogP contribution in [0.15, 0.2) is 4.47 Å². The molecule has 0 saturated heterocycles. The van der Waals surface area contributed by atoms with Crippen molar-refractivity contribution in [3.63, 3.8) is 0 Å². The summed E-state index contributed by atoms with van der Waals surface area (Å²) >= 11 is 3.60. The van der Waals surface area contributed by atoms with Gasteiger partial charge in [-0.25, -0.2) is 0 Å². The van der Waals surface area contributed by atoms with Crippen molar-refractivity contribution in [3.8, 4) is 0 Å². The SMILES string of the molecule is Cc1nn(C)c(CC(CN)C(C)(C)C)c1Br. The van der Waals surface area contributed by atoms with E-state index in [4.69, 9.17) is 5.73 Å². The lowest BCUT2D eigenvalue weighted by Crippen LogP contribution is -2.30. The zero-order valence-electron chi connectivity index (χ0n) is 10.8. The monoisotopic (exact) mass is 287 g/mol. The fraction of sp³-hybridized carbons (Fsp3) is 0.750. The summed E-state index contributed by atoms with van der Waals surface area (Å²) in [6.45, 7) is 9.44. The van der Waals surface area contributed by atoms with Gasteiger partial charge in [0.15, 0.2) is 0 Å². The minimum atomic E-state index is 0.229. The van der Waals surface area contributed by atoms with E-state index < -0.39 is 0 Å². The Balaban J connectivity index is 2.95. The van der Waals surface area contributed by atoms with E-state index in [1.807, 2.05) is 18.7 Å². The molecule has 0 aliphatic heterocycles. The van der Waals surface area contributed by atoms with E-state index in [0.29, 0.717) is 12.5 Å². The molecule has 1 aromatic heterocycles. The summed E-state index contributed by atoms with van der Waals surface area (Å²) in [6.07, 6.45) is 0.970. The first kappa shape index (κ1) is 13.7. The van der Waals surface area contributed by atoms with Crippen molar-refractivity contribution in [2.24, 2.45) is 24.1 Å². The third-order valence-corrected chi connectivity index (χ3v) is 4.24. The predicted molar refractivity (Wildman–Crippen MR) is 71.3 cm³/mol. The first-order valence-corrected chi connectivity index (χ1v) is 6.44. The number of nitrogens with two attached hydrogens (primary N) is 1. The topological polar surface area (TPSA) is 43.8 Å². The molecule has 0 spiro atoms. The van der Waals surface area contributed by atoms with Crippen molar-refractivity contribution in [2.75, 3.05) is 6.54 Å². The zero-order chi connectivity index (χ0) is 12.5. The molecule has 4 heteroatoms. The number of nitrogens with zero attached hydrogens (tertiary/aromatic N) is 2. The van der Waals surface area contributed by atoms with Crippen LogP contribution in [-0.4, -0.2) is 16.3 Å². The highest BCUT2D eigenvalue weighted by Crippen LogP contribution is 2.31. The summed E-state index contributed by atoms with van der Waals surface area (Å²) in [7, 11) is 1.99. The maximum absolute atomic E-state index is 5.87. The molecule has 1 heterocycles. The van der Waals surface area contributed by atoms with Gasteiger partial charge in [-0.15, -0.1) is 0 Å². The van der Waals surface area contributed by atoms with Gasteiger partial charge in [0, 0.05) is 7.05 Å². The molecule has 1 unspecified atom stereocenters. The second-order valence-electron chi connectivity index (χ2n) is 5.47. The van der Waals surface area contributed by atoms with Crippen LogP contribution in [-0.2, 0) is 13.5 Å². The lowest BCUT2D eigenvalue weighted by Gasteiger charge is -2.29. The fourth-order valence-corrected chi connectivity index (χ4v) is 2.38. The maximum atomic E-state index is 5.87. The van der Waals surface area contributed by atoms with E-state index in [9.17, 15) is 0 Å². The molecule has 0 aromatic carbocycles. The van der Waals surface area contributed by atoms with Crippen LogP contribution in [0.1, 0.15) is 32.2 Å². The highest BCUT2D eigenvalue weighted by Gasteiger charge is 2.26. The van der Waals surface area contributed by atoms with Gasteiger partial charge in [0.1, 0.15) is 0 Å². The van der Waals surface area contributed by atoms with Crippen molar-refractivity contribution < 1.29 is 0 Å². The van der Waals surface area contributed by atoms with Crippen LogP contribution >= 0.6 is 15.9 Å². The Hall–Kier alpha value is -0.350. The first-order valence-electron chi connectivity index (χ1n) is 5.65. The molecular weight excluding hydrogens is 266 g/mol. The minimum absolute atomic E-state index is 0.229. The second kappa shape index (κ2) is 4.88. The Labute approximate surface area is 107 Å². The molecule has 0 amide bonds. The quantitative estimate of drug-likeness (QED) is 0.929. The largest absolute Gasteiger partial charge is 0.330 e. The second-order valence-corrected chi connectivity index (χ2v) is 6.27. The van der Waals surface area contributed by atoms with Gasteiger partial charge in [-0.1, -0.05) is 20.8 Å². The summed E-state index contributed by atoms with van der Waals surface area (Å²) in [5.41, 5.74) is 8.38. The smallest absolute Gasteiger partial charge is 0.0738 e. The Bertz CT molecular complexity index is 363. The van der Waals surface area contributed by atoms with E-state index in [1.54, 1.807) is 0 Å². The number of hydrogen-bond acceptors (Lipinski definition) is 2. The Morgan fingerprint density at radius 1 is 1.44 bits per heavy atom.